The molecule has 1 amide bonds. The lowest BCUT2D eigenvalue weighted by Crippen LogP contribution is -2.20. The van der Waals surface area contributed by atoms with E-state index < -0.39 is 0 Å². The highest BCUT2D eigenvalue weighted by atomic mass is 16.6. The van der Waals surface area contributed by atoms with Gasteiger partial charge in [0.1, 0.15) is 5.75 Å². The van der Waals surface area contributed by atoms with Gasteiger partial charge in [-0.2, -0.15) is 0 Å². The number of hydrogen-bond donors (Lipinski definition) is 1. The van der Waals surface area contributed by atoms with E-state index in [1.54, 1.807) is 0 Å². The molecular formula is C19H19N3O3. The lowest BCUT2D eigenvalue weighted by molar-refractivity contribution is -0.118. The maximum Gasteiger partial charge on any atom is 0.263 e. The summed E-state index contributed by atoms with van der Waals surface area (Å²) < 4.78 is 10.3. The van der Waals surface area contributed by atoms with E-state index in [0.717, 1.165) is 16.7 Å². The van der Waals surface area contributed by atoms with Crippen LogP contribution in [0.2, 0.25) is 0 Å². The SMILES string of the molecule is Cc1ccc(-c2nonc2NC(=O)COc2ccc(C)c(C)c2)cc1. The van der Waals surface area contributed by atoms with Crippen molar-refractivity contribution in [3.8, 4) is 17.0 Å². The molecule has 6 heteroatoms. The van der Waals surface area contributed by atoms with E-state index in [1.165, 1.54) is 5.56 Å². The molecule has 0 radical (unpaired) electrons. The first-order valence-corrected chi connectivity index (χ1v) is 7.92. The number of ether oxygens (including phenoxy) is 1. The van der Waals surface area contributed by atoms with Gasteiger partial charge in [0.05, 0.1) is 0 Å². The average molecular weight is 337 g/mol. The van der Waals surface area contributed by atoms with Crippen LogP contribution in [-0.2, 0) is 4.79 Å². The summed E-state index contributed by atoms with van der Waals surface area (Å²) in [7, 11) is 0. The van der Waals surface area contributed by atoms with Gasteiger partial charge in [0.15, 0.2) is 12.3 Å². The molecule has 25 heavy (non-hydrogen) atoms. The van der Waals surface area contributed by atoms with Gasteiger partial charge in [-0.15, -0.1) is 0 Å². The molecule has 1 heterocycles. The number of carbonyl (C=O) groups excluding carboxylic acids is 1. The summed E-state index contributed by atoms with van der Waals surface area (Å²) in [6.45, 7) is 5.90. The molecule has 0 fully saturated rings. The maximum absolute atomic E-state index is 12.1. The number of rotatable bonds is 5. The highest BCUT2D eigenvalue weighted by molar-refractivity contribution is 5.94. The summed E-state index contributed by atoms with van der Waals surface area (Å²) in [6, 6.07) is 13.4. The molecule has 0 aliphatic rings. The molecule has 0 bridgehead atoms. The molecule has 128 valence electrons. The topological polar surface area (TPSA) is 77.3 Å². The van der Waals surface area contributed by atoms with Gasteiger partial charge in [0.25, 0.3) is 5.91 Å². The molecular weight excluding hydrogens is 318 g/mol. The van der Waals surface area contributed by atoms with Crippen molar-refractivity contribution in [2.24, 2.45) is 0 Å². The van der Waals surface area contributed by atoms with Crippen molar-refractivity contribution >= 4 is 11.7 Å². The second-order valence-electron chi connectivity index (χ2n) is 5.91. The first kappa shape index (κ1) is 16.7. The van der Waals surface area contributed by atoms with E-state index in [1.807, 2.05) is 63.2 Å². The fraction of sp³-hybridized carbons (Fsp3) is 0.211. The van der Waals surface area contributed by atoms with Crippen molar-refractivity contribution < 1.29 is 14.2 Å². The lowest BCUT2D eigenvalue weighted by atomic mass is 10.1. The van der Waals surface area contributed by atoms with Crippen molar-refractivity contribution in [1.29, 1.82) is 0 Å². The third-order valence-electron chi connectivity index (χ3n) is 3.92. The Balaban J connectivity index is 1.64. The number of nitrogens with zero attached hydrogens (tertiary/aromatic N) is 2. The molecule has 0 aliphatic carbocycles. The molecule has 0 aliphatic heterocycles. The van der Waals surface area contributed by atoms with Crippen molar-refractivity contribution in [2.45, 2.75) is 20.8 Å². The highest BCUT2D eigenvalue weighted by Crippen LogP contribution is 2.24. The fourth-order valence-corrected chi connectivity index (χ4v) is 2.29. The molecule has 0 saturated carbocycles. The van der Waals surface area contributed by atoms with Crippen LogP contribution in [0, 0.1) is 20.8 Å². The van der Waals surface area contributed by atoms with E-state index in [4.69, 9.17) is 9.37 Å². The second-order valence-corrected chi connectivity index (χ2v) is 5.91. The van der Waals surface area contributed by atoms with Crippen LogP contribution in [-0.4, -0.2) is 22.8 Å². The number of carbonyl (C=O) groups is 1. The largest absolute Gasteiger partial charge is 0.484 e. The Kier molecular flexibility index (Phi) is 4.79. The van der Waals surface area contributed by atoms with E-state index in [9.17, 15) is 4.79 Å². The predicted molar refractivity (Wildman–Crippen MR) is 94.5 cm³/mol. The van der Waals surface area contributed by atoms with Gasteiger partial charge >= 0.3 is 0 Å². The molecule has 6 nitrogen and oxygen atoms in total. The van der Waals surface area contributed by atoms with Gasteiger partial charge in [-0.05, 0) is 54.3 Å². The Hall–Kier alpha value is -3.15. The van der Waals surface area contributed by atoms with Crippen LogP contribution in [0.1, 0.15) is 16.7 Å². The van der Waals surface area contributed by atoms with E-state index in [2.05, 4.69) is 15.6 Å². The monoisotopic (exact) mass is 337 g/mol. The number of nitrogens with one attached hydrogen (secondary N) is 1. The van der Waals surface area contributed by atoms with Gasteiger partial charge in [-0.25, -0.2) is 4.63 Å². The maximum atomic E-state index is 12.1. The zero-order valence-corrected chi connectivity index (χ0v) is 14.4. The zero-order valence-electron chi connectivity index (χ0n) is 14.4. The zero-order chi connectivity index (χ0) is 17.8. The summed E-state index contributed by atoms with van der Waals surface area (Å²) in [5, 5.41) is 10.3. The van der Waals surface area contributed by atoms with Crippen LogP contribution >= 0.6 is 0 Å². The lowest BCUT2D eigenvalue weighted by Gasteiger charge is -2.08. The smallest absolute Gasteiger partial charge is 0.263 e. The molecule has 0 atom stereocenters. The second kappa shape index (κ2) is 7.17. The standard InChI is InChI=1S/C19H19N3O3/c1-12-4-7-15(8-5-12)18-19(22-25-21-18)20-17(23)11-24-16-9-6-13(2)14(3)10-16/h4-10H,11H2,1-3H3,(H,20,22,23). The predicted octanol–water partition coefficient (Wildman–Crippen LogP) is 3.68. The summed E-state index contributed by atoms with van der Waals surface area (Å²) in [5.74, 6) is 0.593. The molecule has 3 rings (SSSR count). The fourth-order valence-electron chi connectivity index (χ4n) is 2.29. The van der Waals surface area contributed by atoms with E-state index in [0.29, 0.717) is 11.4 Å². The molecule has 0 unspecified atom stereocenters. The minimum absolute atomic E-state index is 0.122. The van der Waals surface area contributed by atoms with Crippen LogP contribution in [0.3, 0.4) is 0 Å². The van der Waals surface area contributed by atoms with Gasteiger partial charge in [-0.1, -0.05) is 35.9 Å². The molecule has 0 spiro atoms. The number of aromatic nitrogens is 2. The Morgan fingerprint density at radius 3 is 2.52 bits per heavy atom. The number of aryl methyl sites for hydroxylation is 3. The minimum atomic E-state index is -0.331. The molecule has 1 aromatic heterocycles. The van der Waals surface area contributed by atoms with E-state index >= 15 is 0 Å². The molecule has 2 aromatic carbocycles. The van der Waals surface area contributed by atoms with Crippen LogP contribution in [0.4, 0.5) is 5.82 Å². The normalized spacial score (nSPS) is 10.5. The van der Waals surface area contributed by atoms with Crippen LogP contribution in [0.25, 0.3) is 11.3 Å². The van der Waals surface area contributed by atoms with Crippen LogP contribution in [0.5, 0.6) is 5.75 Å². The Morgan fingerprint density at radius 1 is 1.04 bits per heavy atom. The number of anilines is 1. The Bertz CT molecular complexity index is 885. The number of amides is 1. The van der Waals surface area contributed by atoms with Crippen molar-refractivity contribution in [1.82, 2.24) is 10.3 Å². The summed E-state index contributed by atoms with van der Waals surface area (Å²) in [5.41, 5.74) is 4.72. The number of hydrogen-bond acceptors (Lipinski definition) is 5. The summed E-state index contributed by atoms with van der Waals surface area (Å²) in [4.78, 5) is 12.1. The summed E-state index contributed by atoms with van der Waals surface area (Å²) in [6.07, 6.45) is 0. The van der Waals surface area contributed by atoms with Crippen LogP contribution in [0.15, 0.2) is 47.1 Å². The Labute approximate surface area is 145 Å². The summed E-state index contributed by atoms with van der Waals surface area (Å²) >= 11 is 0. The van der Waals surface area contributed by atoms with E-state index in [-0.39, 0.29) is 18.3 Å². The van der Waals surface area contributed by atoms with Gasteiger partial charge < -0.3 is 10.1 Å². The Morgan fingerprint density at radius 2 is 1.80 bits per heavy atom. The minimum Gasteiger partial charge on any atom is -0.484 e. The first-order chi connectivity index (χ1) is 12.0. The average Bonchev–Trinajstić information content (AvgIpc) is 3.05. The molecule has 0 saturated heterocycles. The first-order valence-electron chi connectivity index (χ1n) is 7.92. The van der Waals surface area contributed by atoms with Crippen LogP contribution < -0.4 is 10.1 Å². The number of benzene rings is 2. The van der Waals surface area contributed by atoms with Gasteiger partial charge in [0.2, 0.25) is 5.82 Å². The quantitative estimate of drug-likeness (QED) is 0.768. The van der Waals surface area contributed by atoms with Crippen molar-refractivity contribution in [3.05, 3.63) is 59.2 Å². The van der Waals surface area contributed by atoms with Gasteiger partial charge in [0, 0.05) is 5.56 Å². The highest BCUT2D eigenvalue weighted by Gasteiger charge is 2.15. The van der Waals surface area contributed by atoms with Crippen molar-refractivity contribution in [2.75, 3.05) is 11.9 Å². The van der Waals surface area contributed by atoms with Gasteiger partial charge in [-0.3, -0.25) is 4.79 Å². The molecule has 1 N–H and O–H groups in total. The molecule has 3 aromatic rings. The van der Waals surface area contributed by atoms with Crippen molar-refractivity contribution in [3.63, 3.8) is 0 Å². The third-order valence-corrected chi connectivity index (χ3v) is 3.92. The third kappa shape index (κ3) is 4.03.